The van der Waals surface area contributed by atoms with Crippen molar-refractivity contribution in [3.63, 3.8) is 0 Å². The van der Waals surface area contributed by atoms with Gasteiger partial charge in [-0.05, 0) is 43.3 Å². The average molecular weight is 368 g/mol. The van der Waals surface area contributed by atoms with E-state index < -0.39 is 18.0 Å². The number of anilines is 1. The minimum Gasteiger partial charge on any atom is -0.482 e. The minimum absolute atomic E-state index is 0.314. The highest BCUT2D eigenvalue weighted by Crippen LogP contribution is 2.20. The number of carbonyl (C=O) groups is 2. The standard InChI is InChI=1S/C17H15Cl2NO4/c1-11(17(22)20-15-5-3-2-4-14(15)19)24-16(21)10-23-13-8-6-12(18)7-9-13/h2-9,11H,10H2,1H3,(H,20,22)/t11-/m1/s1. The van der Waals surface area contributed by atoms with Crippen molar-refractivity contribution < 1.29 is 19.1 Å². The molecule has 0 aliphatic heterocycles. The van der Waals surface area contributed by atoms with Crippen molar-refractivity contribution in [1.29, 1.82) is 0 Å². The molecule has 5 nitrogen and oxygen atoms in total. The minimum atomic E-state index is -0.984. The van der Waals surface area contributed by atoms with Gasteiger partial charge in [0.15, 0.2) is 12.7 Å². The summed E-state index contributed by atoms with van der Waals surface area (Å²) in [7, 11) is 0. The first-order chi connectivity index (χ1) is 11.5. The number of ether oxygens (including phenoxy) is 2. The van der Waals surface area contributed by atoms with Gasteiger partial charge in [-0.1, -0.05) is 35.3 Å². The van der Waals surface area contributed by atoms with Gasteiger partial charge in [0, 0.05) is 5.02 Å². The molecule has 2 rings (SSSR count). The third-order valence-corrected chi connectivity index (χ3v) is 3.56. The molecule has 0 aromatic heterocycles. The van der Waals surface area contributed by atoms with E-state index in [0.29, 0.717) is 21.5 Å². The Labute approximate surface area is 149 Å². The molecule has 0 fully saturated rings. The van der Waals surface area contributed by atoms with E-state index in [4.69, 9.17) is 32.7 Å². The number of halogens is 2. The normalized spacial score (nSPS) is 11.5. The quantitative estimate of drug-likeness (QED) is 0.785. The highest BCUT2D eigenvalue weighted by atomic mass is 35.5. The molecule has 0 aliphatic carbocycles. The average Bonchev–Trinajstić information content (AvgIpc) is 2.56. The van der Waals surface area contributed by atoms with Gasteiger partial charge in [-0.15, -0.1) is 0 Å². The molecule has 0 bridgehead atoms. The summed E-state index contributed by atoms with van der Waals surface area (Å²) >= 11 is 11.7. The summed E-state index contributed by atoms with van der Waals surface area (Å²) in [6.07, 6.45) is -0.984. The van der Waals surface area contributed by atoms with E-state index in [0.717, 1.165) is 0 Å². The number of hydrogen-bond acceptors (Lipinski definition) is 4. The van der Waals surface area contributed by atoms with Crippen molar-refractivity contribution in [2.75, 3.05) is 11.9 Å². The Morgan fingerprint density at radius 2 is 1.75 bits per heavy atom. The first-order valence-corrected chi connectivity index (χ1v) is 7.84. The SMILES string of the molecule is C[C@@H](OC(=O)COc1ccc(Cl)cc1)C(=O)Nc1ccccc1Cl. The summed E-state index contributed by atoms with van der Waals surface area (Å²) in [4.78, 5) is 23.7. The largest absolute Gasteiger partial charge is 0.482 e. The molecule has 2 aromatic rings. The third-order valence-electron chi connectivity index (χ3n) is 2.98. The smallest absolute Gasteiger partial charge is 0.344 e. The Balaban J connectivity index is 1.81. The van der Waals surface area contributed by atoms with Crippen molar-refractivity contribution in [3.8, 4) is 5.75 Å². The molecule has 126 valence electrons. The molecule has 1 amide bonds. The molecule has 0 saturated heterocycles. The zero-order valence-electron chi connectivity index (χ0n) is 12.8. The lowest BCUT2D eigenvalue weighted by atomic mass is 10.3. The Morgan fingerprint density at radius 1 is 1.08 bits per heavy atom. The molecule has 0 aliphatic rings. The summed E-state index contributed by atoms with van der Waals surface area (Å²) in [5.41, 5.74) is 0.449. The number of hydrogen-bond donors (Lipinski definition) is 1. The van der Waals surface area contributed by atoms with Crippen LogP contribution in [-0.2, 0) is 14.3 Å². The number of rotatable bonds is 6. The number of benzene rings is 2. The zero-order valence-corrected chi connectivity index (χ0v) is 14.3. The fraction of sp³-hybridized carbons (Fsp3) is 0.176. The monoisotopic (exact) mass is 367 g/mol. The lowest BCUT2D eigenvalue weighted by Gasteiger charge is -2.14. The topological polar surface area (TPSA) is 64.6 Å². The van der Waals surface area contributed by atoms with E-state index in [1.165, 1.54) is 6.92 Å². The van der Waals surface area contributed by atoms with Crippen molar-refractivity contribution in [2.24, 2.45) is 0 Å². The van der Waals surface area contributed by atoms with Crippen molar-refractivity contribution in [1.82, 2.24) is 0 Å². The van der Waals surface area contributed by atoms with Gasteiger partial charge in [-0.3, -0.25) is 4.79 Å². The van der Waals surface area contributed by atoms with E-state index in [-0.39, 0.29) is 6.61 Å². The van der Waals surface area contributed by atoms with E-state index >= 15 is 0 Å². The number of carbonyl (C=O) groups excluding carboxylic acids is 2. The van der Waals surface area contributed by atoms with Crippen LogP contribution in [0.2, 0.25) is 10.0 Å². The summed E-state index contributed by atoms with van der Waals surface area (Å²) in [5.74, 6) is -0.667. The summed E-state index contributed by atoms with van der Waals surface area (Å²) in [6.45, 7) is 1.15. The fourth-order valence-electron chi connectivity index (χ4n) is 1.75. The molecule has 0 heterocycles. The predicted molar refractivity (Wildman–Crippen MR) is 92.6 cm³/mol. The molecule has 0 unspecified atom stereocenters. The molecule has 1 N–H and O–H groups in total. The number of nitrogens with one attached hydrogen (secondary N) is 1. The summed E-state index contributed by atoms with van der Waals surface area (Å²) in [6, 6.07) is 13.3. The molecule has 24 heavy (non-hydrogen) atoms. The maximum atomic E-state index is 12.0. The van der Waals surface area contributed by atoms with Crippen molar-refractivity contribution in [2.45, 2.75) is 13.0 Å². The van der Waals surface area contributed by atoms with Gasteiger partial charge in [0.05, 0.1) is 10.7 Å². The van der Waals surface area contributed by atoms with Gasteiger partial charge in [0.1, 0.15) is 5.75 Å². The molecule has 7 heteroatoms. The summed E-state index contributed by atoms with van der Waals surface area (Å²) < 4.78 is 10.3. The molecule has 0 saturated carbocycles. The van der Waals surface area contributed by atoms with Gasteiger partial charge >= 0.3 is 5.97 Å². The van der Waals surface area contributed by atoms with E-state index in [2.05, 4.69) is 5.32 Å². The van der Waals surface area contributed by atoms with Crippen LogP contribution in [0.5, 0.6) is 5.75 Å². The van der Waals surface area contributed by atoms with Crippen molar-refractivity contribution >= 4 is 40.8 Å². The number of esters is 1. The van der Waals surface area contributed by atoms with Crippen LogP contribution in [0.15, 0.2) is 48.5 Å². The maximum Gasteiger partial charge on any atom is 0.344 e. The zero-order chi connectivity index (χ0) is 17.5. The Hall–Kier alpha value is -2.24. The van der Waals surface area contributed by atoms with Gasteiger partial charge in [0.25, 0.3) is 5.91 Å². The second kappa shape index (κ2) is 8.57. The first kappa shape index (κ1) is 18.1. The van der Waals surface area contributed by atoms with E-state index in [9.17, 15) is 9.59 Å². The Morgan fingerprint density at radius 3 is 2.42 bits per heavy atom. The molecule has 2 aromatic carbocycles. The highest BCUT2D eigenvalue weighted by Gasteiger charge is 2.19. The van der Waals surface area contributed by atoms with Gasteiger partial charge in [-0.25, -0.2) is 4.79 Å². The van der Waals surface area contributed by atoms with Crippen LogP contribution in [0.1, 0.15) is 6.92 Å². The van der Waals surface area contributed by atoms with Crippen LogP contribution in [0, 0.1) is 0 Å². The molecule has 0 spiro atoms. The van der Waals surface area contributed by atoms with E-state index in [1.54, 1.807) is 48.5 Å². The van der Waals surface area contributed by atoms with Crippen LogP contribution in [0.3, 0.4) is 0 Å². The second-order valence-electron chi connectivity index (χ2n) is 4.84. The molecular weight excluding hydrogens is 353 g/mol. The molecular formula is C17H15Cl2NO4. The second-order valence-corrected chi connectivity index (χ2v) is 5.69. The highest BCUT2D eigenvalue weighted by molar-refractivity contribution is 6.33. The fourth-order valence-corrected chi connectivity index (χ4v) is 2.06. The van der Waals surface area contributed by atoms with Crippen LogP contribution < -0.4 is 10.1 Å². The molecule has 0 radical (unpaired) electrons. The van der Waals surface area contributed by atoms with Crippen LogP contribution >= 0.6 is 23.2 Å². The van der Waals surface area contributed by atoms with Crippen LogP contribution in [0.4, 0.5) is 5.69 Å². The summed E-state index contributed by atoms with van der Waals surface area (Å²) in [5, 5.41) is 3.55. The van der Waals surface area contributed by atoms with Gasteiger partial charge < -0.3 is 14.8 Å². The lowest BCUT2D eigenvalue weighted by Crippen LogP contribution is -2.31. The third kappa shape index (κ3) is 5.44. The Kier molecular flexibility index (Phi) is 6.46. The Bertz CT molecular complexity index is 719. The predicted octanol–water partition coefficient (Wildman–Crippen LogP) is 3.94. The van der Waals surface area contributed by atoms with Crippen LogP contribution in [-0.4, -0.2) is 24.6 Å². The van der Waals surface area contributed by atoms with Crippen molar-refractivity contribution in [3.05, 3.63) is 58.6 Å². The number of para-hydroxylation sites is 1. The van der Waals surface area contributed by atoms with Crippen LogP contribution in [0.25, 0.3) is 0 Å². The molecule has 1 atom stereocenters. The van der Waals surface area contributed by atoms with Gasteiger partial charge in [0.2, 0.25) is 0 Å². The van der Waals surface area contributed by atoms with E-state index in [1.807, 2.05) is 0 Å². The lowest BCUT2D eigenvalue weighted by molar-refractivity contribution is -0.155. The maximum absolute atomic E-state index is 12.0. The van der Waals surface area contributed by atoms with Gasteiger partial charge in [-0.2, -0.15) is 0 Å². The first-order valence-electron chi connectivity index (χ1n) is 7.09. The number of amides is 1.